The summed E-state index contributed by atoms with van der Waals surface area (Å²) in [5, 5.41) is 3.64. The lowest BCUT2D eigenvalue weighted by atomic mass is 9.91. The third-order valence-corrected chi connectivity index (χ3v) is 2.56. The second-order valence-electron chi connectivity index (χ2n) is 3.53. The Kier molecular flexibility index (Phi) is 1.60. The summed E-state index contributed by atoms with van der Waals surface area (Å²) >= 11 is 0. The molecule has 0 amide bonds. The Bertz CT molecular complexity index is 628. The van der Waals surface area contributed by atoms with Gasteiger partial charge in [-0.25, -0.2) is 0 Å². The van der Waals surface area contributed by atoms with Crippen molar-refractivity contribution in [2.24, 2.45) is 0 Å². The van der Waals surface area contributed by atoms with E-state index in [1.54, 1.807) is 19.1 Å². The van der Waals surface area contributed by atoms with Crippen molar-refractivity contribution < 1.29 is 14.1 Å². The number of carbonyl (C=O) groups is 2. The van der Waals surface area contributed by atoms with E-state index in [4.69, 9.17) is 4.52 Å². The maximum absolute atomic E-state index is 12.0. The quantitative estimate of drug-likeness (QED) is 0.561. The molecule has 0 saturated heterocycles. The Hall–Kier alpha value is -2.30. The predicted octanol–water partition coefficient (Wildman–Crippen LogP) is 1.15. The first-order valence-electron chi connectivity index (χ1n) is 4.71. The van der Waals surface area contributed by atoms with E-state index < -0.39 is 0 Å². The van der Waals surface area contributed by atoms with Crippen molar-refractivity contribution in [3.63, 3.8) is 0 Å². The molecule has 78 valence electrons. The van der Waals surface area contributed by atoms with Crippen LogP contribution in [0.5, 0.6) is 0 Å². The predicted molar refractivity (Wildman–Crippen MR) is 52.3 cm³/mol. The normalized spacial score (nSPS) is 13.6. The van der Waals surface area contributed by atoms with Gasteiger partial charge in [0, 0.05) is 6.20 Å². The zero-order chi connectivity index (χ0) is 11.3. The topological polar surface area (TPSA) is 73.1 Å². The van der Waals surface area contributed by atoms with Gasteiger partial charge in [-0.3, -0.25) is 14.6 Å². The van der Waals surface area contributed by atoms with Gasteiger partial charge in [-0.15, -0.1) is 0 Å². The molecule has 2 aromatic rings. The van der Waals surface area contributed by atoms with Gasteiger partial charge in [0.25, 0.3) is 5.78 Å². The lowest BCUT2D eigenvalue weighted by Crippen LogP contribution is -2.21. The van der Waals surface area contributed by atoms with Crippen LogP contribution in [0.15, 0.2) is 22.9 Å². The largest absolute Gasteiger partial charge is 0.352 e. The van der Waals surface area contributed by atoms with Gasteiger partial charge in [0.05, 0.1) is 16.8 Å². The first-order valence-corrected chi connectivity index (χ1v) is 4.71. The number of hydrogen-bond acceptors (Lipinski definition) is 5. The monoisotopic (exact) mass is 214 g/mol. The van der Waals surface area contributed by atoms with Crippen molar-refractivity contribution >= 4 is 11.6 Å². The first-order chi connectivity index (χ1) is 7.70. The molecule has 3 rings (SSSR count). The van der Waals surface area contributed by atoms with Crippen LogP contribution in [-0.4, -0.2) is 21.7 Å². The molecule has 2 aromatic heterocycles. The molecule has 0 aliphatic heterocycles. The molecule has 0 saturated carbocycles. The van der Waals surface area contributed by atoms with Crippen molar-refractivity contribution in [1.29, 1.82) is 0 Å². The maximum atomic E-state index is 12.0. The molecule has 16 heavy (non-hydrogen) atoms. The molecule has 0 N–H and O–H groups in total. The van der Waals surface area contributed by atoms with Crippen LogP contribution in [0, 0.1) is 6.92 Å². The number of aryl methyl sites for hydroxylation is 1. The van der Waals surface area contributed by atoms with Crippen LogP contribution >= 0.6 is 0 Å². The van der Waals surface area contributed by atoms with Gasteiger partial charge in [0.2, 0.25) is 11.5 Å². The molecule has 5 nitrogen and oxygen atoms in total. The molecular formula is C11H6N2O3. The van der Waals surface area contributed by atoms with Crippen molar-refractivity contribution in [3.05, 3.63) is 46.6 Å². The van der Waals surface area contributed by atoms with Crippen molar-refractivity contribution in [3.8, 4) is 0 Å². The molecule has 5 heteroatoms. The average Bonchev–Trinajstić information content (AvgIpc) is 2.69. The molecule has 0 radical (unpaired) electrons. The highest BCUT2D eigenvalue weighted by Crippen LogP contribution is 2.27. The second kappa shape index (κ2) is 2.85. The molecule has 1 aliphatic rings. The van der Waals surface area contributed by atoms with E-state index in [1.807, 2.05) is 0 Å². The molecule has 2 heterocycles. The third-order valence-electron chi connectivity index (χ3n) is 2.56. The minimum absolute atomic E-state index is 0.00583. The summed E-state index contributed by atoms with van der Waals surface area (Å²) in [5.74, 6) is -0.643. The zero-order valence-corrected chi connectivity index (χ0v) is 8.35. The maximum Gasteiger partial charge on any atom is 0.250 e. The average molecular weight is 214 g/mol. The van der Waals surface area contributed by atoms with Gasteiger partial charge in [-0.05, 0) is 19.1 Å². The van der Waals surface area contributed by atoms with Crippen LogP contribution in [0.3, 0.4) is 0 Å². The van der Waals surface area contributed by atoms with Crippen LogP contribution in [0.1, 0.15) is 37.9 Å². The van der Waals surface area contributed by atoms with Crippen LogP contribution in [0.25, 0.3) is 0 Å². The number of nitrogens with zero attached hydrogens (tertiary/aromatic N) is 2. The molecule has 0 fully saturated rings. The molecule has 0 spiro atoms. The van der Waals surface area contributed by atoms with E-state index in [1.165, 1.54) is 6.20 Å². The standard InChI is InChI=1S/C11H6N2O3/c1-5-7-9(14)6-3-2-4-12-8(6)10(15)11(7)16-13-5/h2-4H,1H3. The zero-order valence-electron chi connectivity index (χ0n) is 8.35. The van der Waals surface area contributed by atoms with Crippen LogP contribution in [0.4, 0.5) is 0 Å². The Morgan fingerprint density at radius 1 is 1.25 bits per heavy atom. The smallest absolute Gasteiger partial charge is 0.250 e. The van der Waals surface area contributed by atoms with E-state index in [0.717, 1.165) is 0 Å². The fourth-order valence-corrected chi connectivity index (χ4v) is 1.80. The fraction of sp³-hybridized carbons (Fsp3) is 0.0909. The Morgan fingerprint density at radius 3 is 2.88 bits per heavy atom. The summed E-state index contributed by atoms with van der Waals surface area (Å²) in [6.45, 7) is 1.63. The molecular weight excluding hydrogens is 208 g/mol. The van der Waals surface area contributed by atoms with Gasteiger partial charge in [-0.1, -0.05) is 5.16 Å². The Morgan fingerprint density at radius 2 is 2.06 bits per heavy atom. The Balaban J connectivity index is 2.36. The highest BCUT2D eigenvalue weighted by atomic mass is 16.5. The number of carbonyl (C=O) groups excluding carboxylic acids is 2. The summed E-state index contributed by atoms with van der Waals surface area (Å²) in [5.41, 5.74) is 1.14. The lowest BCUT2D eigenvalue weighted by Gasteiger charge is -2.10. The van der Waals surface area contributed by atoms with E-state index in [-0.39, 0.29) is 28.6 Å². The molecule has 1 aliphatic carbocycles. The number of pyridine rings is 1. The van der Waals surface area contributed by atoms with Crippen LogP contribution < -0.4 is 0 Å². The molecule has 0 aromatic carbocycles. The van der Waals surface area contributed by atoms with E-state index in [9.17, 15) is 9.59 Å². The lowest BCUT2D eigenvalue weighted by molar-refractivity contribution is 0.0950. The summed E-state index contributed by atoms with van der Waals surface area (Å²) in [6, 6.07) is 3.20. The van der Waals surface area contributed by atoms with Gasteiger partial charge in [-0.2, -0.15) is 0 Å². The number of hydrogen-bond donors (Lipinski definition) is 0. The molecule has 0 atom stereocenters. The summed E-state index contributed by atoms with van der Waals surface area (Å²) in [7, 11) is 0. The van der Waals surface area contributed by atoms with E-state index in [2.05, 4.69) is 10.1 Å². The SMILES string of the molecule is Cc1noc2c1C(=O)c1cccnc1C2=O. The first kappa shape index (κ1) is 8.96. The summed E-state index contributed by atoms with van der Waals surface area (Å²) in [6.07, 6.45) is 1.47. The van der Waals surface area contributed by atoms with Crippen molar-refractivity contribution in [2.45, 2.75) is 6.92 Å². The van der Waals surface area contributed by atoms with E-state index >= 15 is 0 Å². The molecule has 0 bridgehead atoms. The number of ketones is 2. The molecule has 0 unspecified atom stereocenters. The minimum atomic E-state index is -0.384. The van der Waals surface area contributed by atoms with Gasteiger partial charge >= 0.3 is 0 Å². The number of aromatic nitrogens is 2. The summed E-state index contributed by atoms with van der Waals surface area (Å²) in [4.78, 5) is 27.9. The van der Waals surface area contributed by atoms with Gasteiger partial charge in [0.15, 0.2) is 0 Å². The van der Waals surface area contributed by atoms with E-state index in [0.29, 0.717) is 11.3 Å². The minimum Gasteiger partial charge on any atom is -0.352 e. The highest BCUT2D eigenvalue weighted by Gasteiger charge is 2.36. The van der Waals surface area contributed by atoms with Crippen molar-refractivity contribution in [2.75, 3.05) is 0 Å². The number of fused-ring (bicyclic) bond motifs is 2. The Labute approximate surface area is 90.1 Å². The van der Waals surface area contributed by atoms with Crippen LogP contribution in [0.2, 0.25) is 0 Å². The highest BCUT2D eigenvalue weighted by molar-refractivity contribution is 6.26. The third kappa shape index (κ3) is 0.942. The fourth-order valence-electron chi connectivity index (χ4n) is 1.80. The van der Waals surface area contributed by atoms with Crippen LogP contribution in [-0.2, 0) is 0 Å². The second-order valence-corrected chi connectivity index (χ2v) is 3.53. The van der Waals surface area contributed by atoms with Gasteiger partial charge < -0.3 is 4.52 Å². The number of rotatable bonds is 0. The van der Waals surface area contributed by atoms with Gasteiger partial charge in [0.1, 0.15) is 5.69 Å². The summed E-state index contributed by atoms with van der Waals surface area (Å²) < 4.78 is 4.87. The van der Waals surface area contributed by atoms with Crippen molar-refractivity contribution in [1.82, 2.24) is 10.1 Å².